The van der Waals surface area contributed by atoms with Gasteiger partial charge in [0.05, 0.1) is 0 Å². The van der Waals surface area contributed by atoms with Gasteiger partial charge in [-0.1, -0.05) is 31.2 Å². The van der Waals surface area contributed by atoms with Crippen molar-refractivity contribution in [3.05, 3.63) is 35.4 Å². The summed E-state index contributed by atoms with van der Waals surface area (Å²) in [6.45, 7) is 10.2. The largest absolute Gasteiger partial charge is 0.444 e. The van der Waals surface area contributed by atoms with Gasteiger partial charge >= 0.3 is 6.09 Å². The van der Waals surface area contributed by atoms with Crippen LogP contribution in [-0.2, 0) is 17.8 Å². The predicted octanol–water partition coefficient (Wildman–Crippen LogP) is 3.55. The number of hydrogen-bond donors (Lipinski definition) is 1. The normalized spacial score (nSPS) is 11.3. The van der Waals surface area contributed by atoms with Crippen molar-refractivity contribution in [2.45, 2.75) is 52.8 Å². The number of carbonyl (C=O) groups excluding carboxylic acids is 1. The van der Waals surface area contributed by atoms with E-state index in [2.05, 4.69) is 36.5 Å². The van der Waals surface area contributed by atoms with E-state index in [0.29, 0.717) is 6.54 Å². The molecule has 1 amide bonds. The SMILES string of the molecule is CCCNCc1ccc(CN(C)C(=O)OC(C)(C)C)cc1. The molecule has 0 aliphatic heterocycles. The third-order valence-electron chi connectivity index (χ3n) is 2.90. The van der Waals surface area contributed by atoms with Crippen LogP contribution in [0.3, 0.4) is 0 Å². The molecule has 21 heavy (non-hydrogen) atoms. The van der Waals surface area contributed by atoms with E-state index in [0.717, 1.165) is 25.1 Å². The highest BCUT2D eigenvalue weighted by atomic mass is 16.6. The van der Waals surface area contributed by atoms with Crippen molar-refractivity contribution in [3.63, 3.8) is 0 Å². The van der Waals surface area contributed by atoms with Gasteiger partial charge < -0.3 is 15.0 Å². The molecule has 4 heteroatoms. The molecular formula is C17H28N2O2. The first-order chi connectivity index (χ1) is 9.81. The molecule has 0 aliphatic carbocycles. The summed E-state index contributed by atoms with van der Waals surface area (Å²) in [5, 5.41) is 3.37. The lowest BCUT2D eigenvalue weighted by atomic mass is 10.1. The molecular weight excluding hydrogens is 264 g/mol. The highest BCUT2D eigenvalue weighted by Gasteiger charge is 2.19. The Bertz CT molecular complexity index is 435. The minimum absolute atomic E-state index is 0.295. The van der Waals surface area contributed by atoms with Gasteiger partial charge in [0.25, 0.3) is 0 Å². The van der Waals surface area contributed by atoms with Gasteiger partial charge in [-0.15, -0.1) is 0 Å². The molecule has 1 aromatic rings. The van der Waals surface area contributed by atoms with Gasteiger partial charge in [0.1, 0.15) is 5.60 Å². The lowest BCUT2D eigenvalue weighted by Crippen LogP contribution is -2.33. The summed E-state index contributed by atoms with van der Waals surface area (Å²) in [4.78, 5) is 13.5. The summed E-state index contributed by atoms with van der Waals surface area (Å²) in [6.07, 6.45) is 0.842. The molecule has 1 aromatic carbocycles. The number of amides is 1. The van der Waals surface area contributed by atoms with Crippen LogP contribution in [0.1, 0.15) is 45.2 Å². The van der Waals surface area contributed by atoms with Gasteiger partial charge in [-0.2, -0.15) is 0 Å². The second-order valence-electron chi connectivity index (χ2n) is 6.33. The molecule has 1 N–H and O–H groups in total. The Balaban J connectivity index is 2.49. The zero-order valence-corrected chi connectivity index (χ0v) is 13.9. The predicted molar refractivity (Wildman–Crippen MR) is 86.1 cm³/mol. The number of benzene rings is 1. The fourth-order valence-electron chi connectivity index (χ4n) is 1.85. The third-order valence-corrected chi connectivity index (χ3v) is 2.90. The van der Waals surface area contributed by atoms with Crippen LogP contribution in [0, 0.1) is 0 Å². The average Bonchev–Trinajstić information content (AvgIpc) is 2.39. The molecule has 0 spiro atoms. The Morgan fingerprint density at radius 2 is 1.76 bits per heavy atom. The number of nitrogens with one attached hydrogen (secondary N) is 1. The number of nitrogens with zero attached hydrogens (tertiary/aromatic N) is 1. The van der Waals surface area contributed by atoms with Crippen LogP contribution in [-0.4, -0.2) is 30.2 Å². The number of carbonyl (C=O) groups is 1. The Kier molecular flexibility index (Phi) is 6.69. The van der Waals surface area contributed by atoms with E-state index >= 15 is 0 Å². The first-order valence-corrected chi connectivity index (χ1v) is 7.54. The maximum atomic E-state index is 11.9. The van der Waals surface area contributed by atoms with Crippen molar-refractivity contribution in [1.82, 2.24) is 10.2 Å². The molecule has 4 nitrogen and oxygen atoms in total. The van der Waals surface area contributed by atoms with Crippen LogP contribution >= 0.6 is 0 Å². The van der Waals surface area contributed by atoms with E-state index in [1.807, 2.05) is 20.8 Å². The van der Waals surface area contributed by atoms with Crippen LogP contribution in [0.4, 0.5) is 4.79 Å². The first-order valence-electron chi connectivity index (χ1n) is 7.54. The summed E-state index contributed by atoms with van der Waals surface area (Å²) in [6, 6.07) is 8.31. The monoisotopic (exact) mass is 292 g/mol. The summed E-state index contributed by atoms with van der Waals surface area (Å²) < 4.78 is 5.34. The zero-order valence-electron chi connectivity index (χ0n) is 13.9. The standard InChI is InChI=1S/C17H28N2O2/c1-6-11-18-12-14-7-9-15(10-8-14)13-19(5)16(20)21-17(2,3)4/h7-10,18H,6,11-13H2,1-5H3. The molecule has 0 fully saturated rings. The highest BCUT2D eigenvalue weighted by Crippen LogP contribution is 2.12. The topological polar surface area (TPSA) is 41.6 Å². The Labute approximate surface area is 128 Å². The fraction of sp³-hybridized carbons (Fsp3) is 0.588. The maximum Gasteiger partial charge on any atom is 0.410 e. The molecule has 0 heterocycles. The molecule has 0 aromatic heterocycles. The molecule has 1 rings (SSSR count). The number of hydrogen-bond acceptors (Lipinski definition) is 3. The molecule has 0 atom stereocenters. The van der Waals surface area contributed by atoms with Crippen LogP contribution < -0.4 is 5.32 Å². The van der Waals surface area contributed by atoms with Crippen molar-refractivity contribution in [2.75, 3.05) is 13.6 Å². The Hall–Kier alpha value is -1.55. The molecule has 0 aliphatic rings. The van der Waals surface area contributed by atoms with E-state index in [-0.39, 0.29) is 6.09 Å². The van der Waals surface area contributed by atoms with Crippen LogP contribution in [0.25, 0.3) is 0 Å². The van der Waals surface area contributed by atoms with Gasteiger partial charge in [0, 0.05) is 20.1 Å². The van der Waals surface area contributed by atoms with E-state index in [9.17, 15) is 4.79 Å². The van der Waals surface area contributed by atoms with E-state index in [1.54, 1.807) is 11.9 Å². The summed E-state index contributed by atoms with van der Waals surface area (Å²) in [5.74, 6) is 0. The van der Waals surface area contributed by atoms with Crippen LogP contribution in [0.15, 0.2) is 24.3 Å². The minimum atomic E-state index is -0.458. The highest BCUT2D eigenvalue weighted by molar-refractivity contribution is 5.67. The van der Waals surface area contributed by atoms with Crippen LogP contribution in [0.5, 0.6) is 0 Å². The lowest BCUT2D eigenvalue weighted by molar-refractivity contribution is 0.0285. The van der Waals surface area contributed by atoms with Gasteiger partial charge in [-0.25, -0.2) is 4.79 Å². The number of ether oxygens (including phenoxy) is 1. The van der Waals surface area contributed by atoms with Gasteiger partial charge in [0.2, 0.25) is 0 Å². The molecule has 0 unspecified atom stereocenters. The van der Waals surface area contributed by atoms with Crippen molar-refractivity contribution >= 4 is 6.09 Å². The first kappa shape index (κ1) is 17.5. The average molecular weight is 292 g/mol. The summed E-state index contributed by atoms with van der Waals surface area (Å²) in [5.41, 5.74) is 1.90. The quantitative estimate of drug-likeness (QED) is 0.815. The molecule has 0 bridgehead atoms. The lowest BCUT2D eigenvalue weighted by Gasteiger charge is -2.24. The Morgan fingerprint density at radius 1 is 1.19 bits per heavy atom. The van der Waals surface area contributed by atoms with Crippen molar-refractivity contribution in [2.24, 2.45) is 0 Å². The van der Waals surface area contributed by atoms with E-state index in [4.69, 9.17) is 4.74 Å². The number of rotatable bonds is 6. The fourth-order valence-corrected chi connectivity index (χ4v) is 1.85. The van der Waals surface area contributed by atoms with E-state index < -0.39 is 5.60 Å². The molecule has 0 radical (unpaired) electrons. The molecule has 0 saturated carbocycles. The third kappa shape index (κ3) is 7.14. The second-order valence-corrected chi connectivity index (χ2v) is 6.33. The molecule has 118 valence electrons. The van der Waals surface area contributed by atoms with Crippen molar-refractivity contribution < 1.29 is 9.53 Å². The van der Waals surface area contributed by atoms with Crippen molar-refractivity contribution in [3.8, 4) is 0 Å². The second kappa shape index (κ2) is 8.03. The van der Waals surface area contributed by atoms with Crippen molar-refractivity contribution in [1.29, 1.82) is 0 Å². The minimum Gasteiger partial charge on any atom is -0.444 e. The smallest absolute Gasteiger partial charge is 0.410 e. The van der Waals surface area contributed by atoms with Crippen LogP contribution in [0.2, 0.25) is 0 Å². The van der Waals surface area contributed by atoms with Gasteiger partial charge in [0.15, 0.2) is 0 Å². The van der Waals surface area contributed by atoms with Gasteiger partial charge in [-0.3, -0.25) is 0 Å². The summed E-state index contributed by atoms with van der Waals surface area (Å²) >= 11 is 0. The maximum absolute atomic E-state index is 11.9. The van der Waals surface area contributed by atoms with Gasteiger partial charge in [-0.05, 0) is 44.9 Å². The summed E-state index contributed by atoms with van der Waals surface area (Å²) in [7, 11) is 1.75. The zero-order chi connectivity index (χ0) is 15.9. The molecule has 0 saturated heterocycles. The van der Waals surface area contributed by atoms with E-state index in [1.165, 1.54) is 5.56 Å². The Morgan fingerprint density at radius 3 is 2.29 bits per heavy atom.